The van der Waals surface area contributed by atoms with Gasteiger partial charge in [0.2, 0.25) is 0 Å². The quantitative estimate of drug-likeness (QED) is 0.564. The molecular weight excluding hydrogens is 432 g/mol. The number of nitrogen functional groups attached to an aromatic ring is 1. The number of amides is 2. The number of nitrogens with two attached hydrogens (primary N) is 1. The number of ether oxygens (including phenoxy) is 1. The highest BCUT2D eigenvalue weighted by Gasteiger charge is 2.42. The molecule has 2 bridgehead atoms. The van der Waals surface area contributed by atoms with Crippen molar-refractivity contribution in [3.05, 3.63) is 78.2 Å². The lowest BCUT2D eigenvalue weighted by Crippen LogP contribution is -2.64. The third-order valence-corrected chi connectivity index (χ3v) is 6.36. The number of nitrogens with zero attached hydrogens (tertiary/aromatic N) is 4. The molecule has 3 aliphatic rings. The second-order valence-corrected chi connectivity index (χ2v) is 8.55. The second kappa shape index (κ2) is 9.38. The monoisotopic (exact) mass is 458 g/mol. The standard InChI is InChI=1S/C25H26N6O3/c26-21-5-1-2-6-22(21)29-24(32)18-7-10-23(28-13-18)30-14-20-9-8-19(30)15-31(20)25(33)34-16-17-4-3-11-27-12-17/h1-7,10-13,19-20H,8-9,14-16,26H2,(H,29,32)/t19-,20-/m1/s1. The molecule has 9 nitrogen and oxygen atoms in total. The molecule has 3 fully saturated rings. The van der Waals surface area contributed by atoms with Gasteiger partial charge < -0.3 is 25.6 Å². The zero-order chi connectivity index (χ0) is 23.5. The number of benzene rings is 1. The Morgan fingerprint density at radius 3 is 2.59 bits per heavy atom. The molecule has 3 saturated heterocycles. The maximum Gasteiger partial charge on any atom is 0.410 e. The van der Waals surface area contributed by atoms with Gasteiger partial charge in [0.25, 0.3) is 5.91 Å². The molecule has 2 atom stereocenters. The van der Waals surface area contributed by atoms with Crippen molar-refractivity contribution in [3.63, 3.8) is 0 Å². The molecule has 9 heteroatoms. The van der Waals surface area contributed by atoms with Crippen molar-refractivity contribution >= 4 is 29.2 Å². The number of carbonyl (C=O) groups is 2. The van der Waals surface area contributed by atoms with Gasteiger partial charge in [0.1, 0.15) is 12.4 Å². The van der Waals surface area contributed by atoms with Crippen LogP contribution in [0.5, 0.6) is 0 Å². The minimum Gasteiger partial charge on any atom is -0.444 e. The van der Waals surface area contributed by atoms with Crippen LogP contribution in [0.1, 0.15) is 28.8 Å². The third kappa shape index (κ3) is 4.50. The first kappa shape index (κ1) is 21.7. The maximum atomic E-state index is 12.7. The molecular formula is C25H26N6O3. The summed E-state index contributed by atoms with van der Waals surface area (Å²) in [5, 5.41) is 2.81. The number of aromatic nitrogens is 2. The van der Waals surface area contributed by atoms with E-state index in [0.717, 1.165) is 24.2 Å². The van der Waals surface area contributed by atoms with E-state index in [4.69, 9.17) is 10.5 Å². The van der Waals surface area contributed by atoms with E-state index in [2.05, 4.69) is 20.2 Å². The number of rotatable bonds is 5. The molecule has 174 valence electrons. The SMILES string of the molecule is Nc1ccccc1NC(=O)c1ccc(N2C[C@H]3CC[C@@H]2CN3C(=O)OCc2cccnc2)nc1. The molecule has 5 heterocycles. The van der Waals surface area contributed by atoms with E-state index in [1.54, 1.807) is 36.8 Å². The molecule has 3 N–H and O–H groups in total. The first-order valence-corrected chi connectivity index (χ1v) is 11.3. The van der Waals surface area contributed by atoms with Crippen LogP contribution in [-0.2, 0) is 11.3 Å². The van der Waals surface area contributed by atoms with E-state index >= 15 is 0 Å². The van der Waals surface area contributed by atoms with Gasteiger partial charge in [-0.15, -0.1) is 0 Å². The molecule has 3 aliphatic heterocycles. The number of anilines is 3. The summed E-state index contributed by atoms with van der Waals surface area (Å²) >= 11 is 0. The zero-order valence-electron chi connectivity index (χ0n) is 18.6. The summed E-state index contributed by atoms with van der Waals surface area (Å²) in [6.07, 6.45) is 6.58. The fourth-order valence-electron chi connectivity index (χ4n) is 4.54. The van der Waals surface area contributed by atoms with E-state index in [-0.39, 0.29) is 30.7 Å². The number of piperidine rings is 2. The van der Waals surface area contributed by atoms with Gasteiger partial charge in [0.15, 0.2) is 0 Å². The summed E-state index contributed by atoms with van der Waals surface area (Å²) in [5.74, 6) is 0.536. The van der Waals surface area contributed by atoms with Crippen molar-refractivity contribution in [1.29, 1.82) is 0 Å². The first-order valence-electron chi connectivity index (χ1n) is 11.3. The van der Waals surface area contributed by atoms with E-state index in [1.807, 2.05) is 35.2 Å². The highest BCUT2D eigenvalue weighted by Crippen LogP contribution is 2.32. The van der Waals surface area contributed by atoms with Crippen LogP contribution in [-0.4, -0.2) is 52.0 Å². The average molecular weight is 459 g/mol. The lowest BCUT2D eigenvalue weighted by Gasteiger charge is -2.51. The van der Waals surface area contributed by atoms with Gasteiger partial charge >= 0.3 is 6.09 Å². The highest BCUT2D eigenvalue weighted by molar-refractivity contribution is 6.05. The fraction of sp³-hybridized carbons (Fsp3) is 0.280. The number of carbonyl (C=O) groups excluding carboxylic acids is 2. The van der Waals surface area contributed by atoms with Crippen LogP contribution >= 0.6 is 0 Å². The lowest BCUT2D eigenvalue weighted by atomic mass is 9.91. The highest BCUT2D eigenvalue weighted by atomic mass is 16.6. The summed E-state index contributed by atoms with van der Waals surface area (Å²) in [6, 6.07) is 14.7. The van der Waals surface area contributed by atoms with Gasteiger partial charge in [-0.25, -0.2) is 9.78 Å². The van der Waals surface area contributed by atoms with Gasteiger partial charge in [-0.3, -0.25) is 9.78 Å². The van der Waals surface area contributed by atoms with Crippen LogP contribution in [0.2, 0.25) is 0 Å². The molecule has 0 unspecified atom stereocenters. The molecule has 0 spiro atoms. The normalized spacial score (nSPS) is 19.1. The minimum atomic E-state index is -0.293. The Kier molecular flexibility index (Phi) is 5.99. The Balaban J connectivity index is 1.20. The molecule has 2 amide bonds. The number of hydrogen-bond donors (Lipinski definition) is 2. The Bertz CT molecular complexity index is 1170. The van der Waals surface area contributed by atoms with Crippen molar-refractivity contribution in [3.8, 4) is 0 Å². The largest absolute Gasteiger partial charge is 0.444 e. The number of pyridine rings is 2. The molecule has 0 saturated carbocycles. The van der Waals surface area contributed by atoms with Crippen molar-refractivity contribution in [2.75, 3.05) is 29.0 Å². The Morgan fingerprint density at radius 1 is 1.03 bits per heavy atom. The summed E-state index contributed by atoms with van der Waals surface area (Å²) in [5.41, 5.74) is 8.30. The van der Waals surface area contributed by atoms with Gasteiger partial charge in [0, 0.05) is 43.3 Å². The molecule has 0 aliphatic carbocycles. The van der Waals surface area contributed by atoms with Gasteiger partial charge in [-0.05, 0) is 43.2 Å². The molecule has 1 aromatic carbocycles. The van der Waals surface area contributed by atoms with Crippen LogP contribution in [0.4, 0.5) is 22.0 Å². The number of fused-ring (bicyclic) bond motifs is 3. The van der Waals surface area contributed by atoms with Crippen molar-refractivity contribution < 1.29 is 14.3 Å². The van der Waals surface area contributed by atoms with Crippen molar-refractivity contribution in [2.45, 2.75) is 31.5 Å². The van der Waals surface area contributed by atoms with Crippen molar-refractivity contribution in [1.82, 2.24) is 14.9 Å². The number of piperazine rings is 1. The number of hydrogen-bond acceptors (Lipinski definition) is 7. The van der Waals surface area contributed by atoms with Gasteiger partial charge in [-0.2, -0.15) is 0 Å². The summed E-state index contributed by atoms with van der Waals surface area (Å²) in [6.45, 7) is 1.49. The Hall–Kier alpha value is -4.14. The lowest BCUT2D eigenvalue weighted by molar-refractivity contribution is 0.0500. The summed E-state index contributed by atoms with van der Waals surface area (Å²) in [4.78, 5) is 37.9. The predicted molar refractivity (Wildman–Crippen MR) is 128 cm³/mol. The number of para-hydroxylation sites is 2. The third-order valence-electron chi connectivity index (χ3n) is 6.36. The van der Waals surface area contributed by atoms with E-state index in [1.165, 1.54) is 0 Å². The van der Waals surface area contributed by atoms with Gasteiger partial charge in [0.05, 0.1) is 23.0 Å². The first-order chi connectivity index (χ1) is 16.6. The van der Waals surface area contributed by atoms with Gasteiger partial charge in [-0.1, -0.05) is 18.2 Å². The van der Waals surface area contributed by atoms with E-state index < -0.39 is 0 Å². The van der Waals surface area contributed by atoms with E-state index in [0.29, 0.717) is 30.0 Å². The van der Waals surface area contributed by atoms with Crippen LogP contribution in [0.25, 0.3) is 0 Å². The smallest absolute Gasteiger partial charge is 0.410 e. The van der Waals surface area contributed by atoms with Crippen LogP contribution in [0, 0.1) is 0 Å². The molecule has 0 radical (unpaired) electrons. The predicted octanol–water partition coefficient (Wildman–Crippen LogP) is 3.30. The minimum absolute atomic E-state index is 0.0669. The Labute approximate surface area is 197 Å². The molecule has 2 aromatic heterocycles. The topological polar surface area (TPSA) is 114 Å². The maximum absolute atomic E-state index is 12.7. The van der Waals surface area contributed by atoms with Crippen LogP contribution < -0.4 is 16.0 Å². The number of nitrogens with one attached hydrogen (secondary N) is 1. The van der Waals surface area contributed by atoms with E-state index in [9.17, 15) is 9.59 Å². The van der Waals surface area contributed by atoms with Crippen LogP contribution in [0.3, 0.4) is 0 Å². The van der Waals surface area contributed by atoms with Crippen LogP contribution in [0.15, 0.2) is 67.1 Å². The average Bonchev–Trinajstić information content (AvgIpc) is 2.89. The molecule has 3 aromatic rings. The summed E-state index contributed by atoms with van der Waals surface area (Å²) < 4.78 is 5.52. The molecule has 34 heavy (non-hydrogen) atoms. The second-order valence-electron chi connectivity index (χ2n) is 8.55. The Morgan fingerprint density at radius 2 is 1.88 bits per heavy atom. The zero-order valence-corrected chi connectivity index (χ0v) is 18.6. The van der Waals surface area contributed by atoms with Crippen molar-refractivity contribution in [2.24, 2.45) is 0 Å². The fourth-order valence-corrected chi connectivity index (χ4v) is 4.54. The molecule has 6 rings (SSSR count). The summed E-state index contributed by atoms with van der Waals surface area (Å²) in [7, 11) is 0.